The van der Waals surface area contributed by atoms with Crippen LogP contribution < -0.4 is 0 Å². The molecule has 1 saturated heterocycles. The van der Waals surface area contributed by atoms with Crippen molar-refractivity contribution < 1.29 is 4.79 Å². The second-order valence-electron chi connectivity index (χ2n) is 4.46. The van der Waals surface area contributed by atoms with E-state index in [0.29, 0.717) is 0 Å². The zero-order valence-corrected chi connectivity index (χ0v) is 9.34. The number of carbonyl (C=O) groups excluding carboxylic acids is 1. The zero-order valence-electron chi connectivity index (χ0n) is 9.34. The second-order valence-corrected chi connectivity index (χ2v) is 4.46. The summed E-state index contributed by atoms with van der Waals surface area (Å²) < 4.78 is 0. The summed E-state index contributed by atoms with van der Waals surface area (Å²) in [6.07, 6.45) is 5.57. The van der Waals surface area contributed by atoms with Crippen LogP contribution >= 0.6 is 0 Å². The molecule has 1 unspecified atom stereocenters. The Bertz CT molecular complexity index is 280. The van der Waals surface area contributed by atoms with Crippen LogP contribution in [-0.4, -0.2) is 24.4 Å². The second kappa shape index (κ2) is 3.99. The van der Waals surface area contributed by atoms with Crippen LogP contribution in [0.2, 0.25) is 0 Å². The summed E-state index contributed by atoms with van der Waals surface area (Å²) in [5.74, 6) is 0.273. The maximum Gasteiger partial charge on any atom is 0.228 e. The molecule has 0 aromatic heterocycles. The predicted molar refractivity (Wildman–Crippen MR) is 58.9 cm³/mol. The third-order valence-corrected chi connectivity index (χ3v) is 2.93. The van der Waals surface area contributed by atoms with Crippen molar-refractivity contribution in [1.82, 2.24) is 4.90 Å². The molecule has 1 aliphatic heterocycles. The van der Waals surface area contributed by atoms with Crippen molar-refractivity contribution in [2.45, 2.75) is 26.7 Å². The molecule has 1 heterocycles. The Morgan fingerprint density at radius 3 is 2.79 bits per heavy atom. The van der Waals surface area contributed by atoms with Crippen LogP contribution in [0.25, 0.3) is 0 Å². The molecule has 1 amide bonds. The highest BCUT2D eigenvalue weighted by Gasteiger charge is 2.40. The van der Waals surface area contributed by atoms with E-state index < -0.39 is 0 Å². The van der Waals surface area contributed by atoms with E-state index in [2.05, 4.69) is 20.4 Å². The van der Waals surface area contributed by atoms with Gasteiger partial charge in [-0.05, 0) is 19.8 Å². The number of carbonyl (C=O) groups is 1. The van der Waals surface area contributed by atoms with E-state index in [1.807, 2.05) is 18.0 Å². The van der Waals surface area contributed by atoms with E-state index in [-0.39, 0.29) is 11.3 Å². The van der Waals surface area contributed by atoms with Crippen LogP contribution in [0.4, 0.5) is 0 Å². The Hall–Kier alpha value is -1.05. The SMILES string of the molecule is C=C/C=C(\C)CC1(C)CCN(C)C1=O. The third-order valence-electron chi connectivity index (χ3n) is 2.93. The van der Waals surface area contributed by atoms with Gasteiger partial charge in [0.25, 0.3) is 0 Å². The van der Waals surface area contributed by atoms with Gasteiger partial charge in [0.05, 0.1) is 5.41 Å². The van der Waals surface area contributed by atoms with E-state index >= 15 is 0 Å². The van der Waals surface area contributed by atoms with Crippen molar-refractivity contribution in [3.05, 3.63) is 24.3 Å². The molecule has 1 atom stereocenters. The minimum absolute atomic E-state index is 0.182. The molecule has 0 aliphatic carbocycles. The Balaban J connectivity index is 2.72. The monoisotopic (exact) mass is 193 g/mol. The summed E-state index contributed by atoms with van der Waals surface area (Å²) in [4.78, 5) is 13.7. The summed E-state index contributed by atoms with van der Waals surface area (Å²) in [6.45, 7) is 8.65. The molecule has 0 bridgehead atoms. The summed E-state index contributed by atoms with van der Waals surface area (Å²) in [7, 11) is 1.88. The Labute approximate surface area is 86.3 Å². The predicted octanol–water partition coefficient (Wildman–Crippen LogP) is 2.38. The van der Waals surface area contributed by atoms with Gasteiger partial charge in [-0.2, -0.15) is 0 Å². The maximum absolute atomic E-state index is 11.8. The molecule has 1 aliphatic rings. The van der Waals surface area contributed by atoms with Crippen LogP contribution in [0, 0.1) is 5.41 Å². The van der Waals surface area contributed by atoms with Crippen LogP contribution in [0.15, 0.2) is 24.3 Å². The highest BCUT2D eigenvalue weighted by molar-refractivity contribution is 5.84. The zero-order chi connectivity index (χ0) is 10.8. The molecule has 1 rings (SSSR count). The Morgan fingerprint density at radius 1 is 1.71 bits per heavy atom. The van der Waals surface area contributed by atoms with Gasteiger partial charge in [-0.25, -0.2) is 0 Å². The van der Waals surface area contributed by atoms with E-state index in [9.17, 15) is 4.79 Å². The highest BCUT2D eigenvalue weighted by Crippen LogP contribution is 2.36. The normalized spacial score (nSPS) is 28.4. The minimum atomic E-state index is -0.182. The van der Waals surface area contributed by atoms with Gasteiger partial charge in [-0.1, -0.05) is 31.2 Å². The fourth-order valence-electron chi connectivity index (χ4n) is 2.12. The Morgan fingerprint density at radius 2 is 2.36 bits per heavy atom. The molecule has 2 heteroatoms. The Kier molecular flexibility index (Phi) is 3.14. The minimum Gasteiger partial charge on any atom is -0.345 e. The van der Waals surface area contributed by atoms with E-state index in [0.717, 1.165) is 19.4 Å². The molecule has 0 aromatic carbocycles. The topological polar surface area (TPSA) is 20.3 Å². The molecule has 0 spiro atoms. The highest BCUT2D eigenvalue weighted by atomic mass is 16.2. The van der Waals surface area contributed by atoms with E-state index in [1.54, 1.807) is 6.08 Å². The largest absolute Gasteiger partial charge is 0.345 e. The average molecular weight is 193 g/mol. The number of allylic oxidation sites excluding steroid dienone is 3. The molecule has 0 radical (unpaired) electrons. The lowest BCUT2D eigenvalue weighted by atomic mass is 9.82. The molecule has 0 N–H and O–H groups in total. The van der Waals surface area contributed by atoms with Crippen molar-refractivity contribution in [3.8, 4) is 0 Å². The van der Waals surface area contributed by atoms with Gasteiger partial charge in [-0.3, -0.25) is 4.79 Å². The molecule has 2 nitrogen and oxygen atoms in total. The number of hydrogen-bond acceptors (Lipinski definition) is 1. The van der Waals surface area contributed by atoms with Crippen molar-refractivity contribution >= 4 is 5.91 Å². The molecular formula is C12H19NO. The van der Waals surface area contributed by atoms with Crippen molar-refractivity contribution in [2.24, 2.45) is 5.41 Å². The first-order valence-corrected chi connectivity index (χ1v) is 5.03. The number of hydrogen-bond donors (Lipinski definition) is 0. The average Bonchev–Trinajstić information content (AvgIpc) is 2.34. The quantitative estimate of drug-likeness (QED) is 0.630. The van der Waals surface area contributed by atoms with Gasteiger partial charge < -0.3 is 4.90 Å². The van der Waals surface area contributed by atoms with Gasteiger partial charge in [0.1, 0.15) is 0 Å². The fraction of sp³-hybridized carbons (Fsp3) is 0.583. The van der Waals surface area contributed by atoms with Gasteiger partial charge >= 0.3 is 0 Å². The summed E-state index contributed by atoms with van der Waals surface area (Å²) >= 11 is 0. The van der Waals surface area contributed by atoms with Gasteiger partial charge in [0, 0.05) is 13.6 Å². The van der Waals surface area contributed by atoms with Crippen LogP contribution in [0.1, 0.15) is 26.7 Å². The molecular weight excluding hydrogens is 174 g/mol. The molecule has 14 heavy (non-hydrogen) atoms. The number of nitrogens with zero attached hydrogens (tertiary/aromatic N) is 1. The third kappa shape index (κ3) is 2.06. The lowest BCUT2D eigenvalue weighted by Gasteiger charge is -2.22. The molecule has 78 valence electrons. The van der Waals surface area contributed by atoms with E-state index in [1.165, 1.54) is 5.57 Å². The van der Waals surface area contributed by atoms with Crippen LogP contribution in [-0.2, 0) is 4.79 Å². The van der Waals surface area contributed by atoms with Crippen LogP contribution in [0.3, 0.4) is 0 Å². The lowest BCUT2D eigenvalue weighted by molar-refractivity contribution is -0.134. The van der Waals surface area contributed by atoms with Gasteiger partial charge in [0.15, 0.2) is 0 Å². The van der Waals surface area contributed by atoms with Crippen molar-refractivity contribution in [1.29, 1.82) is 0 Å². The number of likely N-dealkylation sites (tertiary alicyclic amines) is 1. The fourth-order valence-corrected chi connectivity index (χ4v) is 2.12. The standard InChI is InChI=1S/C12H19NO/c1-5-6-10(2)9-12(3)7-8-13(4)11(12)14/h5-6H,1,7-9H2,2-4H3/b10-6+. The summed E-state index contributed by atoms with van der Waals surface area (Å²) in [5.41, 5.74) is 1.05. The maximum atomic E-state index is 11.8. The lowest BCUT2D eigenvalue weighted by Crippen LogP contribution is -2.30. The smallest absolute Gasteiger partial charge is 0.228 e. The van der Waals surface area contributed by atoms with E-state index in [4.69, 9.17) is 0 Å². The first-order valence-electron chi connectivity index (χ1n) is 5.03. The first-order chi connectivity index (χ1) is 6.49. The van der Waals surface area contributed by atoms with Crippen molar-refractivity contribution in [2.75, 3.05) is 13.6 Å². The van der Waals surface area contributed by atoms with Gasteiger partial charge in [-0.15, -0.1) is 0 Å². The number of rotatable bonds is 3. The molecule has 0 saturated carbocycles. The summed E-state index contributed by atoms with van der Waals surface area (Å²) in [5, 5.41) is 0. The van der Waals surface area contributed by atoms with Crippen molar-refractivity contribution in [3.63, 3.8) is 0 Å². The molecule has 0 aromatic rings. The number of amides is 1. The van der Waals surface area contributed by atoms with Crippen LogP contribution in [0.5, 0.6) is 0 Å². The molecule has 1 fully saturated rings. The van der Waals surface area contributed by atoms with Gasteiger partial charge in [0.2, 0.25) is 5.91 Å². The summed E-state index contributed by atoms with van der Waals surface area (Å²) in [6, 6.07) is 0. The first kappa shape index (κ1) is 11.0.